The van der Waals surface area contributed by atoms with Crippen LogP contribution in [0.4, 0.5) is 8.78 Å². The number of aliphatic hydroxyl groups is 1. The SMILES string of the molecule is CC(C)Cc1nc2cc3c(cc2o1)S(=O)(=O)N(C[C@@H](O)[C@@H](CC(=O)O[C@H]1C2CO[C@H]4OCC1C4C2)Cc1cc(F)cc(F)c1)CCCCCCCCOC3. The Balaban J connectivity index is 1.17. The van der Waals surface area contributed by atoms with Crippen molar-refractivity contribution in [1.82, 2.24) is 9.29 Å². The van der Waals surface area contributed by atoms with Crippen molar-refractivity contribution >= 4 is 27.1 Å². The molecule has 7 atom stereocenters. The molecule has 1 aliphatic carbocycles. The van der Waals surface area contributed by atoms with Crippen molar-refractivity contribution in [3.63, 3.8) is 0 Å². The number of nitrogens with zero attached hydrogens (tertiary/aromatic N) is 2. The molecule has 14 heteroatoms. The molecule has 2 aromatic carbocycles. The second kappa shape index (κ2) is 17.0. The first-order valence-corrected chi connectivity index (χ1v) is 20.9. The van der Waals surface area contributed by atoms with Gasteiger partial charge >= 0.3 is 5.97 Å². The number of carbonyl (C=O) groups is 1. The fourth-order valence-corrected chi connectivity index (χ4v) is 10.4. The van der Waals surface area contributed by atoms with Gasteiger partial charge in [-0.25, -0.2) is 22.2 Å². The maximum absolute atomic E-state index is 14.7. The zero-order valence-electron chi connectivity index (χ0n) is 31.1. The minimum Gasteiger partial charge on any atom is -0.462 e. The number of rotatable bonds is 10. The summed E-state index contributed by atoms with van der Waals surface area (Å²) in [6, 6.07) is 6.27. The van der Waals surface area contributed by atoms with E-state index in [0.29, 0.717) is 55.2 Å². The van der Waals surface area contributed by atoms with Crippen molar-refractivity contribution in [3.05, 3.63) is 59.0 Å². The number of β-amino-alcohol motifs (C(OH)–C–C–N with tert-alkyl or cyclic N) is 1. The number of fused-ring (bicyclic) bond motifs is 3. The highest BCUT2D eigenvalue weighted by molar-refractivity contribution is 7.89. The summed E-state index contributed by atoms with van der Waals surface area (Å²) in [5.41, 5.74) is 1.54. The van der Waals surface area contributed by atoms with Crippen molar-refractivity contribution in [2.24, 2.45) is 29.6 Å². The Morgan fingerprint density at radius 3 is 2.50 bits per heavy atom. The Labute approximate surface area is 315 Å². The highest BCUT2D eigenvalue weighted by Gasteiger charge is 2.56. The number of hydrogen-bond acceptors (Lipinski definition) is 10. The first-order chi connectivity index (χ1) is 25.9. The first kappa shape index (κ1) is 39.2. The first-order valence-electron chi connectivity index (χ1n) is 19.5. The van der Waals surface area contributed by atoms with Crippen LogP contribution in [0.3, 0.4) is 0 Å². The molecule has 2 bridgehead atoms. The molecule has 1 aromatic heterocycles. The summed E-state index contributed by atoms with van der Waals surface area (Å²) in [6.07, 6.45) is 4.07. The molecule has 54 heavy (non-hydrogen) atoms. The lowest BCUT2D eigenvalue weighted by Gasteiger charge is -2.31. The molecule has 1 N–H and O–H groups in total. The predicted octanol–water partition coefficient (Wildman–Crippen LogP) is 6.33. The molecule has 3 fully saturated rings. The van der Waals surface area contributed by atoms with E-state index in [1.807, 2.05) is 13.8 Å². The Morgan fingerprint density at radius 2 is 1.72 bits per heavy atom. The standard InChI is InChI=1S/C40H52F2N2O9S/c1-24(2)11-37-43-33-16-27-21-49-10-8-6-4-3-5-7-9-44(54(47,48)36(27)19-35(33)52-37)20-34(45)26(12-25-13-29(41)18-30(42)14-25)17-38(46)53-39-28-15-31-32(39)23-51-40(31)50-22-28/h13-14,16,18-19,24,26,28,31-32,34,39-40,45H,3-12,15,17,20-23H2,1-2H3/t26-,28?,31?,32?,34-,39+,40+/m1/s1. The molecule has 0 amide bonds. The van der Waals surface area contributed by atoms with Crippen molar-refractivity contribution in [2.45, 2.75) is 108 Å². The second-order valence-electron chi connectivity index (χ2n) is 16.0. The third-order valence-corrected chi connectivity index (χ3v) is 13.3. The molecule has 1 saturated carbocycles. The number of sulfonamides is 1. The summed E-state index contributed by atoms with van der Waals surface area (Å²) in [5, 5.41) is 11.9. The molecule has 7 rings (SSSR count). The number of hydrogen-bond donors (Lipinski definition) is 1. The predicted molar refractivity (Wildman–Crippen MR) is 194 cm³/mol. The molecule has 296 valence electrons. The van der Waals surface area contributed by atoms with Gasteiger partial charge in [0.05, 0.1) is 37.2 Å². The van der Waals surface area contributed by atoms with E-state index in [1.54, 1.807) is 6.07 Å². The molecular weight excluding hydrogens is 723 g/mol. The van der Waals surface area contributed by atoms with Crippen LogP contribution in [0.1, 0.15) is 82.2 Å². The zero-order valence-corrected chi connectivity index (χ0v) is 31.9. The van der Waals surface area contributed by atoms with Gasteiger partial charge in [0.2, 0.25) is 10.0 Å². The highest BCUT2D eigenvalue weighted by atomic mass is 32.2. The number of aromatic nitrogens is 1. The Morgan fingerprint density at radius 1 is 0.981 bits per heavy atom. The normalized spacial score (nSPS) is 27.4. The Kier molecular flexibility index (Phi) is 12.4. The van der Waals surface area contributed by atoms with Gasteiger partial charge in [0.1, 0.15) is 23.3 Å². The minimum atomic E-state index is -4.27. The number of oxazole rings is 1. The molecule has 0 spiro atoms. The van der Waals surface area contributed by atoms with Crippen LogP contribution in [-0.4, -0.2) is 80.2 Å². The van der Waals surface area contributed by atoms with Crippen molar-refractivity contribution < 1.29 is 50.5 Å². The van der Waals surface area contributed by atoms with E-state index in [4.69, 9.17) is 23.4 Å². The molecule has 3 aliphatic heterocycles. The third-order valence-electron chi connectivity index (χ3n) is 11.4. The van der Waals surface area contributed by atoms with Gasteiger partial charge < -0.3 is 28.5 Å². The summed E-state index contributed by atoms with van der Waals surface area (Å²) in [6.45, 7) is 5.24. The topological polar surface area (TPSA) is 138 Å². The fraction of sp³-hybridized carbons (Fsp3) is 0.650. The van der Waals surface area contributed by atoms with Crippen LogP contribution < -0.4 is 0 Å². The van der Waals surface area contributed by atoms with Crippen LogP contribution in [0.15, 0.2) is 39.6 Å². The van der Waals surface area contributed by atoms with Crippen molar-refractivity contribution in [3.8, 4) is 0 Å². The van der Waals surface area contributed by atoms with Gasteiger partial charge in [-0.3, -0.25) is 4.79 Å². The average molecular weight is 775 g/mol. The monoisotopic (exact) mass is 774 g/mol. The lowest BCUT2D eigenvalue weighted by molar-refractivity contribution is -0.178. The van der Waals surface area contributed by atoms with Gasteiger partial charge in [-0.1, -0.05) is 39.5 Å². The van der Waals surface area contributed by atoms with Crippen LogP contribution in [0.25, 0.3) is 11.1 Å². The summed E-state index contributed by atoms with van der Waals surface area (Å²) in [7, 11) is -4.27. The molecule has 2 saturated heterocycles. The van der Waals surface area contributed by atoms with Crippen LogP contribution in [0.2, 0.25) is 0 Å². The molecule has 11 nitrogen and oxygen atoms in total. The maximum Gasteiger partial charge on any atom is 0.306 e. The van der Waals surface area contributed by atoms with Crippen molar-refractivity contribution in [1.29, 1.82) is 0 Å². The smallest absolute Gasteiger partial charge is 0.306 e. The summed E-state index contributed by atoms with van der Waals surface area (Å²) >= 11 is 0. The van der Waals surface area contributed by atoms with Gasteiger partial charge in [-0.15, -0.1) is 0 Å². The quantitative estimate of drug-likeness (QED) is 0.233. The molecule has 4 heterocycles. The summed E-state index contributed by atoms with van der Waals surface area (Å²) in [5.74, 6) is -2.10. The zero-order chi connectivity index (χ0) is 38.0. The fourth-order valence-electron chi connectivity index (χ4n) is 8.66. The van der Waals surface area contributed by atoms with E-state index >= 15 is 0 Å². The Bertz CT molecular complexity index is 1870. The molecule has 3 unspecified atom stereocenters. The van der Waals surface area contributed by atoms with Gasteiger partial charge in [-0.2, -0.15) is 4.31 Å². The number of halogens is 2. The summed E-state index contributed by atoms with van der Waals surface area (Å²) in [4.78, 5) is 18.3. The molecular formula is C40H52F2N2O9S. The van der Waals surface area contributed by atoms with Crippen LogP contribution >= 0.6 is 0 Å². The number of carbonyl (C=O) groups excluding carboxylic acids is 1. The highest BCUT2D eigenvalue weighted by Crippen LogP contribution is 2.49. The van der Waals surface area contributed by atoms with Crippen LogP contribution in [0, 0.1) is 41.2 Å². The van der Waals surface area contributed by atoms with Crippen molar-refractivity contribution in [2.75, 3.05) is 32.9 Å². The number of benzene rings is 2. The third kappa shape index (κ3) is 9.00. The average Bonchev–Trinajstić information content (AvgIpc) is 3.78. The number of esters is 1. The van der Waals surface area contributed by atoms with E-state index in [9.17, 15) is 27.1 Å². The van der Waals surface area contributed by atoms with Crippen LogP contribution in [-0.2, 0) is 53.2 Å². The van der Waals surface area contributed by atoms with E-state index < -0.39 is 45.8 Å². The van der Waals surface area contributed by atoms with E-state index in [0.717, 1.165) is 56.7 Å². The molecule has 3 aromatic rings. The van der Waals surface area contributed by atoms with E-state index in [-0.39, 0.29) is 73.0 Å². The molecule has 4 aliphatic rings. The van der Waals surface area contributed by atoms with Crippen LogP contribution in [0.5, 0.6) is 0 Å². The van der Waals surface area contributed by atoms with E-state index in [2.05, 4.69) is 4.98 Å². The Hall–Kier alpha value is -3.01. The lowest BCUT2D eigenvalue weighted by atomic mass is 9.90. The van der Waals surface area contributed by atoms with Gasteiger partial charge in [0.15, 0.2) is 17.8 Å². The second-order valence-corrected chi connectivity index (χ2v) is 17.9. The van der Waals surface area contributed by atoms with E-state index in [1.165, 1.54) is 10.4 Å². The number of ether oxygens (including phenoxy) is 4. The maximum atomic E-state index is 14.7. The molecule has 0 radical (unpaired) electrons. The minimum absolute atomic E-state index is 0.00123. The van der Waals surface area contributed by atoms with Gasteiger partial charge in [0.25, 0.3) is 0 Å². The van der Waals surface area contributed by atoms with Gasteiger partial charge in [0, 0.05) is 67.5 Å². The number of aliphatic hydroxyl groups excluding tert-OH is 1. The lowest BCUT2D eigenvalue weighted by Crippen LogP contribution is -2.42. The summed E-state index contributed by atoms with van der Waals surface area (Å²) < 4.78 is 89.1. The van der Waals surface area contributed by atoms with Gasteiger partial charge in [-0.05, 0) is 55.4 Å². The largest absolute Gasteiger partial charge is 0.462 e.